The van der Waals surface area contributed by atoms with Gasteiger partial charge in [0.15, 0.2) is 0 Å². The molecule has 2 fully saturated rings. The Balaban J connectivity index is 1.84. The predicted octanol–water partition coefficient (Wildman–Crippen LogP) is -0.345. The second kappa shape index (κ2) is 7.07. The lowest BCUT2D eigenvalue weighted by Gasteiger charge is -2.37. The van der Waals surface area contributed by atoms with Gasteiger partial charge in [0, 0.05) is 45.4 Å². The number of rotatable bonds is 4. The van der Waals surface area contributed by atoms with Crippen molar-refractivity contribution < 1.29 is 9.90 Å². The molecule has 5 nitrogen and oxygen atoms in total. The van der Waals surface area contributed by atoms with E-state index in [1.165, 1.54) is 6.42 Å². The van der Waals surface area contributed by atoms with Crippen molar-refractivity contribution in [2.45, 2.75) is 31.7 Å². The summed E-state index contributed by atoms with van der Waals surface area (Å²) in [6.07, 6.45) is 4.07. The summed E-state index contributed by atoms with van der Waals surface area (Å²) in [5.41, 5.74) is 0. The van der Waals surface area contributed by atoms with Gasteiger partial charge < -0.3 is 15.3 Å². The van der Waals surface area contributed by atoms with Gasteiger partial charge in [0.1, 0.15) is 0 Å². The SMILES string of the molecule is O=C(CN1CCNCC1)N1CCCCC1CCO. The van der Waals surface area contributed by atoms with Crippen molar-refractivity contribution in [1.82, 2.24) is 15.1 Å². The van der Waals surface area contributed by atoms with Crippen molar-refractivity contribution in [2.24, 2.45) is 0 Å². The fraction of sp³-hybridized carbons (Fsp3) is 0.923. The molecule has 104 valence electrons. The number of piperazine rings is 1. The maximum atomic E-state index is 12.3. The van der Waals surface area contributed by atoms with Gasteiger partial charge in [-0.2, -0.15) is 0 Å². The van der Waals surface area contributed by atoms with E-state index in [0.717, 1.165) is 52.0 Å². The van der Waals surface area contributed by atoms with Crippen molar-refractivity contribution in [1.29, 1.82) is 0 Å². The highest BCUT2D eigenvalue weighted by atomic mass is 16.3. The molecule has 2 heterocycles. The normalized spacial score (nSPS) is 26.3. The molecule has 18 heavy (non-hydrogen) atoms. The topological polar surface area (TPSA) is 55.8 Å². The molecule has 2 rings (SSSR count). The fourth-order valence-corrected chi connectivity index (χ4v) is 2.93. The summed E-state index contributed by atoms with van der Waals surface area (Å²) in [7, 11) is 0. The molecule has 1 unspecified atom stereocenters. The van der Waals surface area contributed by atoms with E-state index in [4.69, 9.17) is 5.11 Å². The number of carbonyl (C=O) groups excluding carboxylic acids is 1. The molecule has 1 amide bonds. The third-order valence-corrected chi connectivity index (χ3v) is 3.98. The van der Waals surface area contributed by atoms with Crippen LogP contribution in [-0.4, -0.2) is 72.7 Å². The maximum absolute atomic E-state index is 12.3. The van der Waals surface area contributed by atoms with Gasteiger partial charge in [-0.25, -0.2) is 0 Å². The molecule has 0 radical (unpaired) electrons. The minimum Gasteiger partial charge on any atom is -0.396 e. The molecule has 2 aliphatic heterocycles. The van der Waals surface area contributed by atoms with Crippen LogP contribution in [0.25, 0.3) is 0 Å². The number of aliphatic hydroxyl groups excluding tert-OH is 1. The van der Waals surface area contributed by atoms with Crippen molar-refractivity contribution in [3.63, 3.8) is 0 Å². The lowest BCUT2D eigenvalue weighted by Crippen LogP contribution is -2.51. The van der Waals surface area contributed by atoms with E-state index in [0.29, 0.717) is 6.54 Å². The standard InChI is InChI=1S/C13H25N3O2/c17-10-4-12-3-1-2-7-16(12)13(18)11-15-8-5-14-6-9-15/h12,14,17H,1-11H2. The van der Waals surface area contributed by atoms with Gasteiger partial charge in [-0.05, 0) is 25.7 Å². The molecule has 0 aliphatic carbocycles. The van der Waals surface area contributed by atoms with Crippen molar-refractivity contribution in [2.75, 3.05) is 45.9 Å². The molecule has 0 aromatic heterocycles. The van der Waals surface area contributed by atoms with Crippen LogP contribution in [0.3, 0.4) is 0 Å². The van der Waals surface area contributed by atoms with Gasteiger partial charge in [-0.1, -0.05) is 0 Å². The van der Waals surface area contributed by atoms with E-state index in [9.17, 15) is 4.79 Å². The van der Waals surface area contributed by atoms with Gasteiger partial charge in [0.05, 0.1) is 6.54 Å². The van der Waals surface area contributed by atoms with Crippen LogP contribution in [0.4, 0.5) is 0 Å². The zero-order chi connectivity index (χ0) is 12.8. The minimum atomic E-state index is 0.183. The number of aliphatic hydroxyl groups is 1. The highest BCUT2D eigenvalue weighted by Crippen LogP contribution is 2.19. The molecule has 0 saturated carbocycles. The molecule has 0 bridgehead atoms. The van der Waals surface area contributed by atoms with Gasteiger partial charge in [0.25, 0.3) is 0 Å². The van der Waals surface area contributed by atoms with Crippen molar-refractivity contribution >= 4 is 5.91 Å². The molecular weight excluding hydrogens is 230 g/mol. The molecule has 0 spiro atoms. The summed E-state index contributed by atoms with van der Waals surface area (Å²) >= 11 is 0. The Bertz CT molecular complexity index is 265. The van der Waals surface area contributed by atoms with Crippen LogP contribution in [0.1, 0.15) is 25.7 Å². The van der Waals surface area contributed by atoms with Crippen LogP contribution < -0.4 is 5.32 Å². The van der Waals surface area contributed by atoms with Crippen LogP contribution in [0.15, 0.2) is 0 Å². The first-order valence-corrected chi connectivity index (χ1v) is 7.14. The zero-order valence-electron chi connectivity index (χ0n) is 11.1. The smallest absolute Gasteiger partial charge is 0.236 e. The van der Waals surface area contributed by atoms with E-state index < -0.39 is 0 Å². The second-order valence-electron chi connectivity index (χ2n) is 5.28. The maximum Gasteiger partial charge on any atom is 0.236 e. The number of nitrogens with one attached hydrogen (secondary N) is 1. The summed E-state index contributed by atoms with van der Waals surface area (Å²) in [6, 6.07) is 0.263. The predicted molar refractivity (Wildman–Crippen MR) is 70.4 cm³/mol. The number of hydrogen-bond donors (Lipinski definition) is 2. The molecular formula is C13H25N3O2. The number of amides is 1. The number of carbonyl (C=O) groups is 1. The molecule has 5 heteroatoms. The molecule has 2 saturated heterocycles. The van der Waals surface area contributed by atoms with Gasteiger partial charge in [-0.3, -0.25) is 9.69 Å². The van der Waals surface area contributed by atoms with Gasteiger partial charge in [-0.15, -0.1) is 0 Å². The first kappa shape index (κ1) is 13.8. The molecule has 2 N–H and O–H groups in total. The van der Waals surface area contributed by atoms with E-state index in [2.05, 4.69) is 10.2 Å². The van der Waals surface area contributed by atoms with Crippen molar-refractivity contribution in [3.8, 4) is 0 Å². The monoisotopic (exact) mass is 255 g/mol. The van der Waals surface area contributed by atoms with E-state index in [1.54, 1.807) is 0 Å². The average Bonchev–Trinajstić information content (AvgIpc) is 2.41. The Labute approximate surface area is 109 Å². The van der Waals surface area contributed by atoms with Gasteiger partial charge in [0.2, 0.25) is 5.91 Å². The Morgan fingerprint density at radius 3 is 2.72 bits per heavy atom. The second-order valence-corrected chi connectivity index (χ2v) is 5.28. The summed E-state index contributed by atoms with van der Waals surface area (Å²) in [5, 5.41) is 12.4. The largest absolute Gasteiger partial charge is 0.396 e. The summed E-state index contributed by atoms with van der Waals surface area (Å²) in [4.78, 5) is 16.6. The van der Waals surface area contributed by atoms with Gasteiger partial charge >= 0.3 is 0 Å². The summed E-state index contributed by atoms with van der Waals surface area (Å²) in [5.74, 6) is 0.245. The Morgan fingerprint density at radius 2 is 2.00 bits per heavy atom. The Hall–Kier alpha value is -0.650. The zero-order valence-corrected chi connectivity index (χ0v) is 11.1. The number of likely N-dealkylation sites (tertiary alicyclic amines) is 1. The van der Waals surface area contributed by atoms with E-state index >= 15 is 0 Å². The highest BCUT2D eigenvalue weighted by molar-refractivity contribution is 5.78. The minimum absolute atomic E-state index is 0.183. The van der Waals surface area contributed by atoms with Crippen LogP contribution in [0.5, 0.6) is 0 Å². The third-order valence-electron chi connectivity index (χ3n) is 3.98. The number of hydrogen-bond acceptors (Lipinski definition) is 4. The van der Waals surface area contributed by atoms with Crippen LogP contribution in [-0.2, 0) is 4.79 Å². The number of nitrogens with zero attached hydrogens (tertiary/aromatic N) is 2. The first-order valence-electron chi connectivity index (χ1n) is 7.14. The Kier molecular flexibility index (Phi) is 5.41. The Morgan fingerprint density at radius 1 is 1.22 bits per heavy atom. The quantitative estimate of drug-likeness (QED) is 0.721. The number of piperidine rings is 1. The molecule has 1 atom stereocenters. The average molecular weight is 255 g/mol. The van der Waals surface area contributed by atoms with Crippen molar-refractivity contribution in [3.05, 3.63) is 0 Å². The van der Waals surface area contributed by atoms with Crippen LogP contribution in [0, 0.1) is 0 Å². The fourth-order valence-electron chi connectivity index (χ4n) is 2.93. The lowest BCUT2D eigenvalue weighted by molar-refractivity contribution is -0.136. The van der Waals surface area contributed by atoms with Crippen LogP contribution >= 0.6 is 0 Å². The third kappa shape index (κ3) is 3.67. The summed E-state index contributed by atoms with van der Waals surface area (Å²) < 4.78 is 0. The lowest BCUT2D eigenvalue weighted by atomic mass is 9.99. The van der Waals surface area contributed by atoms with E-state index in [-0.39, 0.29) is 18.6 Å². The highest BCUT2D eigenvalue weighted by Gasteiger charge is 2.27. The molecule has 2 aliphatic rings. The summed E-state index contributed by atoms with van der Waals surface area (Å²) in [6.45, 7) is 5.48. The van der Waals surface area contributed by atoms with E-state index in [1.807, 2.05) is 4.90 Å². The van der Waals surface area contributed by atoms with Crippen LogP contribution in [0.2, 0.25) is 0 Å². The molecule has 0 aromatic carbocycles. The molecule has 0 aromatic rings. The first-order chi connectivity index (χ1) is 8.81.